The number of hydrogen-bond donors (Lipinski definition) is 0. The molecular formula is C21H16O. The molecule has 0 atom stereocenters. The smallest absolute Gasteiger partial charge is 0.136 e. The maximum atomic E-state index is 6.06. The summed E-state index contributed by atoms with van der Waals surface area (Å²) in [5, 5.41) is 2.42. The van der Waals surface area contributed by atoms with E-state index < -0.39 is 0 Å². The number of rotatable bonds is 0. The normalized spacial score (nSPS) is 15.2. The van der Waals surface area contributed by atoms with Gasteiger partial charge in [0.25, 0.3) is 0 Å². The van der Waals surface area contributed by atoms with Crippen molar-refractivity contribution in [2.24, 2.45) is 0 Å². The van der Waals surface area contributed by atoms with Gasteiger partial charge in [0.2, 0.25) is 0 Å². The molecule has 5 rings (SSSR count). The van der Waals surface area contributed by atoms with Gasteiger partial charge in [-0.05, 0) is 40.5 Å². The number of hydrogen-bond acceptors (Lipinski definition) is 1. The number of para-hydroxylation sites is 1. The van der Waals surface area contributed by atoms with E-state index in [2.05, 4.69) is 62.4 Å². The quantitative estimate of drug-likeness (QED) is 0.392. The van der Waals surface area contributed by atoms with Gasteiger partial charge in [0.1, 0.15) is 11.2 Å². The van der Waals surface area contributed by atoms with Crippen LogP contribution in [0.1, 0.15) is 25.0 Å². The van der Waals surface area contributed by atoms with Crippen LogP contribution in [0.25, 0.3) is 33.1 Å². The van der Waals surface area contributed by atoms with Crippen molar-refractivity contribution in [3.8, 4) is 11.1 Å². The second kappa shape index (κ2) is 3.80. The summed E-state index contributed by atoms with van der Waals surface area (Å²) in [6.07, 6.45) is 0. The highest BCUT2D eigenvalue weighted by Gasteiger charge is 2.35. The highest BCUT2D eigenvalue weighted by Crippen LogP contribution is 2.50. The second-order valence-electron chi connectivity index (χ2n) is 6.66. The third kappa shape index (κ3) is 1.34. The molecule has 1 nitrogen and oxygen atoms in total. The highest BCUT2D eigenvalue weighted by molar-refractivity contribution is 6.07. The van der Waals surface area contributed by atoms with Crippen LogP contribution in [0.4, 0.5) is 0 Å². The SMILES string of the molecule is CC1(C)c2ccccc2-c2cc3oc4ccccc4c3cc21. The van der Waals surface area contributed by atoms with Crippen molar-refractivity contribution >= 4 is 21.9 Å². The van der Waals surface area contributed by atoms with Gasteiger partial charge >= 0.3 is 0 Å². The molecule has 0 unspecified atom stereocenters. The molecule has 1 aliphatic carbocycles. The van der Waals surface area contributed by atoms with Crippen molar-refractivity contribution in [2.75, 3.05) is 0 Å². The van der Waals surface area contributed by atoms with Crippen LogP contribution in [-0.2, 0) is 5.41 Å². The molecular weight excluding hydrogens is 268 g/mol. The van der Waals surface area contributed by atoms with Gasteiger partial charge in [0.15, 0.2) is 0 Å². The average Bonchev–Trinajstić information content (AvgIpc) is 3.00. The van der Waals surface area contributed by atoms with E-state index in [0.29, 0.717) is 0 Å². The molecule has 0 spiro atoms. The van der Waals surface area contributed by atoms with Gasteiger partial charge in [-0.15, -0.1) is 0 Å². The first kappa shape index (κ1) is 12.0. The van der Waals surface area contributed by atoms with Crippen molar-refractivity contribution in [1.29, 1.82) is 0 Å². The van der Waals surface area contributed by atoms with Crippen molar-refractivity contribution in [3.63, 3.8) is 0 Å². The Morgan fingerprint density at radius 3 is 2.36 bits per heavy atom. The van der Waals surface area contributed by atoms with Crippen molar-refractivity contribution in [1.82, 2.24) is 0 Å². The minimum absolute atomic E-state index is 0.0402. The second-order valence-corrected chi connectivity index (χ2v) is 6.66. The number of fused-ring (bicyclic) bond motifs is 6. The van der Waals surface area contributed by atoms with E-state index in [1.165, 1.54) is 33.0 Å². The van der Waals surface area contributed by atoms with E-state index in [1.807, 2.05) is 12.1 Å². The fourth-order valence-corrected chi connectivity index (χ4v) is 3.92. The summed E-state index contributed by atoms with van der Waals surface area (Å²) in [4.78, 5) is 0. The fraction of sp³-hybridized carbons (Fsp3) is 0.143. The van der Waals surface area contributed by atoms with Crippen molar-refractivity contribution in [3.05, 3.63) is 71.8 Å². The lowest BCUT2D eigenvalue weighted by molar-refractivity contribution is 0.658. The summed E-state index contributed by atoms with van der Waals surface area (Å²) in [7, 11) is 0. The lowest BCUT2D eigenvalue weighted by atomic mass is 9.82. The molecule has 3 aromatic carbocycles. The maximum absolute atomic E-state index is 6.06. The summed E-state index contributed by atoms with van der Waals surface area (Å²) in [5.41, 5.74) is 7.44. The predicted octanol–water partition coefficient (Wildman–Crippen LogP) is 5.89. The average molecular weight is 284 g/mol. The first-order valence-corrected chi connectivity index (χ1v) is 7.72. The van der Waals surface area contributed by atoms with Gasteiger partial charge in [0, 0.05) is 16.2 Å². The molecule has 1 aromatic heterocycles. The largest absolute Gasteiger partial charge is 0.456 e. The Bertz CT molecular complexity index is 1050. The Labute approximate surface area is 129 Å². The van der Waals surface area contributed by atoms with Crippen LogP contribution in [0, 0.1) is 0 Å². The van der Waals surface area contributed by atoms with Gasteiger partial charge in [-0.25, -0.2) is 0 Å². The van der Waals surface area contributed by atoms with E-state index in [0.717, 1.165) is 11.2 Å². The molecule has 22 heavy (non-hydrogen) atoms. The highest BCUT2D eigenvalue weighted by atomic mass is 16.3. The van der Waals surface area contributed by atoms with E-state index >= 15 is 0 Å². The van der Waals surface area contributed by atoms with Crippen LogP contribution in [0.15, 0.2) is 65.1 Å². The molecule has 0 fully saturated rings. The Balaban J connectivity index is 1.95. The van der Waals surface area contributed by atoms with Gasteiger partial charge < -0.3 is 4.42 Å². The summed E-state index contributed by atoms with van der Waals surface area (Å²) >= 11 is 0. The lowest BCUT2D eigenvalue weighted by Crippen LogP contribution is -2.14. The van der Waals surface area contributed by atoms with Crippen LogP contribution >= 0.6 is 0 Å². The molecule has 1 heteroatoms. The minimum atomic E-state index is 0.0402. The molecule has 1 aliphatic rings. The topological polar surface area (TPSA) is 13.1 Å². The van der Waals surface area contributed by atoms with E-state index in [9.17, 15) is 0 Å². The molecule has 0 aliphatic heterocycles. The Morgan fingerprint density at radius 2 is 1.45 bits per heavy atom. The monoisotopic (exact) mass is 284 g/mol. The third-order valence-corrected chi connectivity index (χ3v) is 5.08. The van der Waals surface area contributed by atoms with E-state index in [4.69, 9.17) is 4.42 Å². The van der Waals surface area contributed by atoms with Gasteiger partial charge in [-0.3, -0.25) is 0 Å². The van der Waals surface area contributed by atoms with Crippen LogP contribution in [0.3, 0.4) is 0 Å². The van der Waals surface area contributed by atoms with Crippen LogP contribution < -0.4 is 0 Å². The maximum Gasteiger partial charge on any atom is 0.136 e. The third-order valence-electron chi connectivity index (χ3n) is 5.08. The van der Waals surface area contributed by atoms with Gasteiger partial charge in [-0.1, -0.05) is 56.3 Å². The molecule has 1 heterocycles. The Morgan fingerprint density at radius 1 is 0.682 bits per heavy atom. The molecule has 0 bridgehead atoms. The molecule has 0 N–H and O–H groups in total. The first-order chi connectivity index (χ1) is 10.7. The molecule has 106 valence electrons. The van der Waals surface area contributed by atoms with E-state index in [-0.39, 0.29) is 5.41 Å². The molecule has 0 saturated carbocycles. The summed E-state index contributed by atoms with van der Waals surface area (Å²) in [5.74, 6) is 0. The predicted molar refractivity (Wildman–Crippen MR) is 91.3 cm³/mol. The number of furan rings is 1. The minimum Gasteiger partial charge on any atom is -0.456 e. The molecule has 4 aromatic rings. The fourth-order valence-electron chi connectivity index (χ4n) is 3.92. The summed E-state index contributed by atoms with van der Waals surface area (Å²) < 4.78 is 6.06. The Hall–Kier alpha value is -2.54. The molecule has 0 saturated heterocycles. The van der Waals surface area contributed by atoms with Crippen LogP contribution in [0.2, 0.25) is 0 Å². The Kier molecular flexibility index (Phi) is 2.08. The summed E-state index contributed by atoms with van der Waals surface area (Å²) in [6, 6.07) is 21.5. The standard InChI is InChI=1S/C21H16O/c1-21(2)17-9-5-3-7-13(17)15-12-20-16(11-18(15)21)14-8-4-6-10-19(14)22-20/h3-12H,1-2H3. The number of benzene rings is 3. The van der Waals surface area contributed by atoms with E-state index in [1.54, 1.807) is 0 Å². The van der Waals surface area contributed by atoms with Crippen molar-refractivity contribution < 1.29 is 4.42 Å². The van der Waals surface area contributed by atoms with Gasteiger partial charge in [0.05, 0.1) is 0 Å². The zero-order valence-corrected chi connectivity index (χ0v) is 12.7. The van der Waals surface area contributed by atoms with Crippen molar-refractivity contribution in [2.45, 2.75) is 19.3 Å². The zero-order valence-electron chi connectivity index (χ0n) is 12.7. The van der Waals surface area contributed by atoms with Gasteiger partial charge in [-0.2, -0.15) is 0 Å². The zero-order chi connectivity index (χ0) is 14.9. The molecule has 0 radical (unpaired) electrons. The molecule has 0 amide bonds. The summed E-state index contributed by atoms with van der Waals surface area (Å²) in [6.45, 7) is 4.62. The van der Waals surface area contributed by atoms with Crippen LogP contribution in [-0.4, -0.2) is 0 Å². The first-order valence-electron chi connectivity index (χ1n) is 7.72. The van der Waals surface area contributed by atoms with Crippen LogP contribution in [0.5, 0.6) is 0 Å². The lowest BCUT2D eigenvalue weighted by Gasteiger charge is -2.21.